The number of carbonyl (C=O) groups excluding carboxylic acids is 2. The van der Waals surface area contributed by atoms with Gasteiger partial charge in [-0.05, 0) is 45.7 Å². The van der Waals surface area contributed by atoms with Crippen molar-refractivity contribution in [1.82, 2.24) is 10.2 Å². The fraction of sp³-hybridized carbons (Fsp3) is 0.867. The highest BCUT2D eigenvalue weighted by Gasteiger charge is 2.56. The van der Waals surface area contributed by atoms with E-state index >= 15 is 0 Å². The Balaban J connectivity index is 1.86. The summed E-state index contributed by atoms with van der Waals surface area (Å²) in [4.78, 5) is 27.0. The molecule has 1 spiro atoms. The fourth-order valence-corrected chi connectivity index (χ4v) is 4.15. The maximum Gasteiger partial charge on any atom is 0.236 e. The largest absolute Gasteiger partial charge is 0.317 e. The van der Waals surface area contributed by atoms with E-state index in [0.717, 1.165) is 51.6 Å². The lowest BCUT2D eigenvalue weighted by molar-refractivity contribution is -0.149. The molecule has 1 aliphatic carbocycles. The van der Waals surface area contributed by atoms with Crippen LogP contribution in [0.2, 0.25) is 0 Å². The molecule has 3 rings (SSSR count). The van der Waals surface area contributed by atoms with Crippen molar-refractivity contribution in [2.45, 2.75) is 63.8 Å². The van der Waals surface area contributed by atoms with E-state index in [0.29, 0.717) is 6.42 Å². The average Bonchev–Trinajstić information content (AvgIpc) is 2.63. The first-order valence-corrected chi connectivity index (χ1v) is 7.66. The molecule has 106 valence electrons. The predicted molar refractivity (Wildman–Crippen MR) is 72.5 cm³/mol. The van der Waals surface area contributed by atoms with Crippen molar-refractivity contribution in [3.8, 4) is 0 Å². The third kappa shape index (κ3) is 2.00. The molecule has 2 amide bonds. The van der Waals surface area contributed by atoms with Gasteiger partial charge in [0.05, 0.1) is 11.0 Å². The summed E-state index contributed by atoms with van der Waals surface area (Å²) in [6.07, 6.45) is 7.50. The van der Waals surface area contributed by atoms with Gasteiger partial charge in [-0.2, -0.15) is 0 Å². The SMILES string of the molecule is CC1(N2C(=O)CC3(CCCCC3)C2=O)CCNCC1. The first kappa shape index (κ1) is 13.1. The molecule has 3 fully saturated rings. The van der Waals surface area contributed by atoms with Gasteiger partial charge in [0.25, 0.3) is 0 Å². The number of imide groups is 1. The van der Waals surface area contributed by atoms with Gasteiger partial charge in [0.1, 0.15) is 0 Å². The van der Waals surface area contributed by atoms with Gasteiger partial charge in [-0.3, -0.25) is 14.5 Å². The summed E-state index contributed by atoms with van der Waals surface area (Å²) in [5.74, 6) is 0.220. The number of hydrogen-bond donors (Lipinski definition) is 1. The minimum absolute atomic E-state index is 0.0799. The Kier molecular flexibility index (Phi) is 3.16. The first-order valence-electron chi connectivity index (χ1n) is 7.66. The van der Waals surface area contributed by atoms with Gasteiger partial charge in [-0.15, -0.1) is 0 Å². The highest BCUT2D eigenvalue weighted by molar-refractivity contribution is 6.06. The Bertz CT molecular complexity index is 393. The maximum absolute atomic E-state index is 12.9. The van der Waals surface area contributed by atoms with E-state index in [1.807, 2.05) is 0 Å². The molecule has 19 heavy (non-hydrogen) atoms. The molecule has 4 heteroatoms. The minimum Gasteiger partial charge on any atom is -0.317 e. The molecule has 1 N–H and O–H groups in total. The van der Waals surface area contributed by atoms with Crippen LogP contribution in [-0.4, -0.2) is 35.3 Å². The molecule has 2 aliphatic heterocycles. The molecular weight excluding hydrogens is 240 g/mol. The zero-order chi connectivity index (χ0) is 13.5. The number of carbonyl (C=O) groups is 2. The number of likely N-dealkylation sites (tertiary alicyclic amines) is 1. The van der Waals surface area contributed by atoms with Gasteiger partial charge >= 0.3 is 0 Å². The molecule has 2 heterocycles. The zero-order valence-electron chi connectivity index (χ0n) is 11.8. The number of nitrogens with one attached hydrogen (secondary N) is 1. The fourth-order valence-electron chi connectivity index (χ4n) is 4.15. The van der Waals surface area contributed by atoms with E-state index in [2.05, 4.69) is 12.2 Å². The molecule has 0 bridgehead atoms. The van der Waals surface area contributed by atoms with Crippen molar-refractivity contribution in [3.05, 3.63) is 0 Å². The molecule has 0 aromatic carbocycles. The summed E-state index contributed by atoms with van der Waals surface area (Å²) < 4.78 is 0. The lowest BCUT2D eigenvalue weighted by Crippen LogP contribution is -2.56. The summed E-state index contributed by atoms with van der Waals surface area (Å²) in [5, 5.41) is 3.31. The number of piperidine rings is 1. The van der Waals surface area contributed by atoms with E-state index in [9.17, 15) is 9.59 Å². The van der Waals surface area contributed by atoms with E-state index < -0.39 is 0 Å². The first-order chi connectivity index (χ1) is 9.07. The molecule has 4 nitrogen and oxygen atoms in total. The van der Waals surface area contributed by atoms with Crippen molar-refractivity contribution in [2.75, 3.05) is 13.1 Å². The van der Waals surface area contributed by atoms with Gasteiger partial charge in [-0.25, -0.2) is 0 Å². The molecular formula is C15H24N2O2. The second-order valence-electron chi connectivity index (χ2n) is 6.80. The molecule has 1 saturated carbocycles. The van der Waals surface area contributed by atoms with Gasteiger partial charge in [0, 0.05) is 6.42 Å². The van der Waals surface area contributed by atoms with Crippen LogP contribution in [0.15, 0.2) is 0 Å². The van der Waals surface area contributed by atoms with Crippen LogP contribution in [-0.2, 0) is 9.59 Å². The molecule has 0 aromatic heterocycles. The van der Waals surface area contributed by atoms with Crippen LogP contribution in [0.3, 0.4) is 0 Å². The Morgan fingerprint density at radius 3 is 2.26 bits per heavy atom. The van der Waals surface area contributed by atoms with Crippen molar-refractivity contribution >= 4 is 11.8 Å². The van der Waals surface area contributed by atoms with Crippen LogP contribution >= 0.6 is 0 Å². The van der Waals surface area contributed by atoms with E-state index in [4.69, 9.17) is 0 Å². The number of hydrogen-bond acceptors (Lipinski definition) is 3. The number of nitrogens with zero attached hydrogens (tertiary/aromatic N) is 1. The molecule has 3 aliphatic rings. The van der Waals surface area contributed by atoms with Crippen molar-refractivity contribution in [3.63, 3.8) is 0 Å². The summed E-state index contributed by atoms with van der Waals surface area (Å²) in [6.45, 7) is 3.90. The normalized spacial score (nSPS) is 30.1. The van der Waals surface area contributed by atoms with Crippen molar-refractivity contribution < 1.29 is 9.59 Å². The lowest BCUT2D eigenvalue weighted by Gasteiger charge is -2.42. The van der Waals surface area contributed by atoms with Crippen LogP contribution in [0.1, 0.15) is 58.3 Å². The van der Waals surface area contributed by atoms with Gasteiger partial charge < -0.3 is 5.32 Å². The lowest BCUT2D eigenvalue weighted by atomic mass is 9.73. The summed E-state index contributed by atoms with van der Waals surface area (Å²) in [6, 6.07) is 0. The highest BCUT2D eigenvalue weighted by Crippen LogP contribution is 2.48. The van der Waals surface area contributed by atoms with Crippen molar-refractivity contribution in [2.24, 2.45) is 5.41 Å². The van der Waals surface area contributed by atoms with Crippen LogP contribution in [0.4, 0.5) is 0 Å². The Hall–Kier alpha value is -0.900. The second kappa shape index (κ2) is 4.58. The monoisotopic (exact) mass is 264 g/mol. The molecule has 2 saturated heterocycles. The summed E-state index contributed by atoms with van der Waals surface area (Å²) >= 11 is 0. The molecule has 0 unspecified atom stereocenters. The number of rotatable bonds is 1. The Morgan fingerprint density at radius 1 is 1.00 bits per heavy atom. The van der Waals surface area contributed by atoms with E-state index in [1.165, 1.54) is 6.42 Å². The quantitative estimate of drug-likeness (QED) is 0.735. The van der Waals surface area contributed by atoms with Gasteiger partial charge in [0.15, 0.2) is 0 Å². The number of amides is 2. The Labute approximate surface area is 114 Å². The van der Waals surface area contributed by atoms with Crippen molar-refractivity contribution in [1.29, 1.82) is 0 Å². The third-order valence-electron chi connectivity index (χ3n) is 5.43. The summed E-state index contributed by atoms with van der Waals surface area (Å²) in [7, 11) is 0. The van der Waals surface area contributed by atoms with Crippen LogP contribution in [0.25, 0.3) is 0 Å². The second-order valence-corrected chi connectivity index (χ2v) is 6.80. The predicted octanol–water partition coefficient (Wildman–Crippen LogP) is 1.84. The standard InChI is InChI=1S/C15H24N2O2/c1-14(7-9-16-10-8-14)17-12(18)11-15(13(17)19)5-3-2-4-6-15/h16H,2-11H2,1H3. The summed E-state index contributed by atoms with van der Waals surface area (Å²) in [5.41, 5.74) is -0.580. The van der Waals surface area contributed by atoms with E-state index in [1.54, 1.807) is 4.90 Å². The minimum atomic E-state index is -0.330. The molecule has 0 radical (unpaired) electrons. The average molecular weight is 264 g/mol. The smallest absolute Gasteiger partial charge is 0.236 e. The van der Waals surface area contributed by atoms with Gasteiger partial charge in [0.2, 0.25) is 11.8 Å². The highest BCUT2D eigenvalue weighted by atomic mass is 16.2. The molecule has 0 atom stereocenters. The Morgan fingerprint density at radius 2 is 1.63 bits per heavy atom. The van der Waals surface area contributed by atoms with E-state index in [-0.39, 0.29) is 22.8 Å². The van der Waals surface area contributed by atoms with Crippen LogP contribution < -0.4 is 5.32 Å². The van der Waals surface area contributed by atoms with Gasteiger partial charge in [-0.1, -0.05) is 19.3 Å². The zero-order valence-corrected chi connectivity index (χ0v) is 11.8. The molecule has 0 aromatic rings. The topological polar surface area (TPSA) is 49.4 Å². The maximum atomic E-state index is 12.9. The van der Waals surface area contributed by atoms with Crippen LogP contribution in [0.5, 0.6) is 0 Å². The third-order valence-corrected chi connectivity index (χ3v) is 5.43. The van der Waals surface area contributed by atoms with Crippen LogP contribution in [0, 0.1) is 5.41 Å².